The Morgan fingerprint density at radius 1 is 1.33 bits per heavy atom. The van der Waals surface area contributed by atoms with E-state index in [1.165, 1.54) is 11.1 Å². The minimum Gasteiger partial charge on any atom is -0.496 e. The molecule has 0 aromatic heterocycles. The van der Waals surface area contributed by atoms with Crippen molar-refractivity contribution in [2.45, 2.75) is 39.0 Å². The highest BCUT2D eigenvalue weighted by Gasteiger charge is 2.24. The molecule has 0 saturated heterocycles. The fourth-order valence-electron chi connectivity index (χ4n) is 2.09. The third-order valence-electron chi connectivity index (χ3n) is 3.33. The summed E-state index contributed by atoms with van der Waals surface area (Å²) in [6, 6.07) is 6.45. The predicted octanol–water partition coefficient (Wildman–Crippen LogP) is 2.60. The largest absolute Gasteiger partial charge is 0.496 e. The van der Waals surface area contributed by atoms with E-state index in [1.54, 1.807) is 7.11 Å². The zero-order chi connectivity index (χ0) is 13.8. The van der Waals surface area contributed by atoms with E-state index in [2.05, 4.69) is 51.2 Å². The molecule has 0 heterocycles. The van der Waals surface area contributed by atoms with Crippen LogP contribution in [0.25, 0.3) is 0 Å². The van der Waals surface area contributed by atoms with Crippen LogP contribution >= 0.6 is 0 Å². The minimum absolute atomic E-state index is 0.00435. The van der Waals surface area contributed by atoms with Crippen molar-refractivity contribution in [3.8, 4) is 5.75 Å². The normalized spacial score (nSPS) is 11.9. The van der Waals surface area contributed by atoms with Crippen LogP contribution in [0, 0.1) is 0 Å². The van der Waals surface area contributed by atoms with E-state index in [4.69, 9.17) is 10.5 Å². The molecule has 102 valence electrons. The summed E-state index contributed by atoms with van der Waals surface area (Å²) in [5.74, 6) is 1.47. The van der Waals surface area contributed by atoms with Crippen LogP contribution in [0.4, 0.5) is 0 Å². The molecule has 0 saturated carbocycles. The minimum atomic E-state index is -0.00435. The Kier molecular flexibility index (Phi) is 5.17. The molecule has 0 atom stereocenters. The molecule has 1 rings (SSSR count). The lowest BCUT2D eigenvalue weighted by Crippen LogP contribution is -2.36. The summed E-state index contributed by atoms with van der Waals surface area (Å²) in [6.45, 7) is 10.2. The molecular weight excluding hydrogens is 224 g/mol. The zero-order valence-corrected chi connectivity index (χ0v) is 12.2. The van der Waals surface area contributed by atoms with E-state index >= 15 is 0 Å². The number of hydrogen-bond acceptors (Lipinski definition) is 3. The topological polar surface area (TPSA) is 47.3 Å². The number of nitrogens with two attached hydrogens (primary N) is 1. The van der Waals surface area contributed by atoms with Crippen molar-refractivity contribution < 1.29 is 4.74 Å². The molecular formula is C15H26N2O. The molecule has 0 radical (unpaired) electrons. The van der Waals surface area contributed by atoms with Crippen LogP contribution in [0.2, 0.25) is 0 Å². The third kappa shape index (κ3) is 3.47. The van der Waals surface area contributed by atoms with Gasteiger partial charge in [0.15, 0.2) is 0 Å². The van der Waals surface area contributed by atoms with Crippen molar-refractivity contribution in [2.75, 3.05) is 20.3 Å². The Morgan fingerprint density at radius 2 is 2.00 bits per heavy atom. The van der Waals surface area contributed by atoms with Crippen LogP contribution in [0.1, 0.15) is 44.7 Å². The molecule has 3 nitrogen and oxygen atoms in total. The highest BCUT2D eigenvalue weighted by molar-refractivity contribution is 5.43. The van der Waals surface area contributed by atoms with Gasteiger partial charge in [0.1, 0.15) is 5.75 Å². The summed E-state index contributed by atoms with van der Waals surface area (Å²) < 4.78 is 5.49. The maximum Gasteiger partial charge on any atom is 0.122 e. The molecule has 0 bridgehead atoms. The summed E-state index contributed by atoms with van der Waals surface area (Å²) >= 11 is 0. The van der Waals surface area contributed by atoms with Crippen LogP contribution in [0.5, 0.6) is 5.75 Å². The standard InChI is InChI=1S/C15H26N2O/c1-11(2)12-6-7-14(18-5)13(8-12)15(3,4)9-17-10-16/h6-8,11,17H,9-10,16H2,1-5H3. The van der Waals surface area contributed by atoms with Crippen LogP contribution < -0.4 is 15.8 Å². The molecule has 18 heavy (non-hydrogen) atoms. The van der Waals surface area contributed by atoms with Gasteiger partial charge in [-0.25, -0.2) is 0 Å². The molecule has 0 amide bonds. The van der Waals surface area contributed by atoms with Crippen molar-refractivity contribution in [2.24, 2.45) is 5.73 Å². The van der Waals surface area contributed by atoms with Gasteiger partial charge in [0.2, 0.25) is 0 Å². The second-order valence-electron chi connectivity index (χ2n) is 5.63. The van der Waals surface area contributed by atoms with E-state index in [9.17, 15) is 0 Å². The molecule has 0 aliphatic heterocycles. The molecule has 0 aliphatic carbocycles. The van der Waals surface area contributed by atoms with Crippen LogP contribution in [0.15, 0.2) is 18.2 Å². The first kappa shape index (κ1) is 15.0. The van der Waals surface area contributed by atoms with E-state index in [1.807, 2.05) is 0 Å². The van der Waals surface area contributed by atoms with Crippen molar-refractivity contribution in [3.63, 3.8) is 0 Å². The lowest BCUT2D eigenvalue weighted by Gasteiger charge is -2.28. The van der Waals surface area contributed by atoms with Gasteiger partial charge >= 0.3 is 0 Å². The van der Waals surface area contributed by atoms with Gasteiger partial charge < -0.3 is 15.8 Å². The van der Waals surface area contributed by atoms with E-state index in [0.717, 1.165) is 12.3 Å². The molecule has 3 heteroatoms. The van der Waals surface area contributed by atoms with Crippen molar-refractivity contribution >= 4 is 0 Å². The molecule has 0 unspecified atom stereocenters. The Balaban J connectivity index is 3.14. The van der Waals surface area contributed by atoms with Crippen molar-refractivity contribution in [1.82, 2.24) is 5.32 Å². The predicted molar refractivity (Wildman–Crippen MR) is 77.2 cm³/mol. The van der Waals surface area contributed by atoms with E-state index in [-0.39, 0.29) is 5.41 Å². The lowest BCUT2D eigenvalue weighted by molar-refractivity contribution is 0.386. The van der Waals surface area contributed by atoms with Gasteiger partial charge in [-0.2, -0.15) is 0 Å². The van der Waals surface area contributed by atoms with Gasteiger partial charge in [-0.1, -0.05) is 39.8 Å². The Hall–Kier alpha value is -1.06. The first-order valence-electron chi connectivity index (χ1n) is 6.51. The summed E-state index contributed by atoms with van der Waals surface area (Å²) in [7, 11) is 1.72. The van der Waals surface area contributed by atoms with Gasteiger partial charge in [-0.15, -0.1) is 0 Å². The van der Waals surface area contributed by atoms with Gasteiger partial charge in [-0.05, 0) is 17.5 Å². The van der Waals surface area contributed by atoms with Crippen LogP contribution in [-0.4, -0.2) is 20.3 Å². The maximum absolute atomic E-state index is 5.52. The zero-order valence-electron chi connectivity index (χ0n) is 12.2. The van der Waals surface area contributed by atoms with Crippen LogP contribution in [0.3, 0.4) is 0 Å². The number of ether oxygens (including phenoxy) is 1. The molecule has 3 N–H and O–H groups in total. The quantitative estimate of drug-likeness (QED) is 0.763. The SMILES string of the molecule is COc1ccc(C(C)C)cc1C(C)(C)CNCN. The number of benzene rings is 1. The van der Waals surface area contributed by atoms with Crippen molar-refractivity contribution in [1.29, 1.82) is 0 Å². The highest BCUT2D eigenvalue weighted by atomic mass is 16.5. The summed E-state index contributed by atoms with van der Waals surface area (Å²) in [5, 5.41) is 3.21. The summed E-state index contributed by atoms with van der Waals surface area (Å²) in [6.07, 6.45) is 0. The Labute approximate surface area is 111 Å². The molecule has 1 aromatic rings. The average Bonchev–Trinajstić information content (AvgIpc) is 2.35. The monoisotopic (exact) mass is 250 g/mol. The second kappa shape index (κ2) is 6.21. The number of nitrogens with one attached hydrogen (secondary N) is 1. The van der Waals surface area contributed by atoms with Gasteiger partial charge in [-0.3, -0.25) is 0 Å². The summed E-state index contributed by atoms with van der Waals surface area (Å²) in [5.41, 5.74) is 8.09. The fourth-order valence-corrected chi connectivity index (χ4v) is 2.09. The fraction of sp³-hybridized carbons (Fsp3) is 0.600. The summed E-state index contributed by atoms with van der Waals surface area (Å²) in [4.78, 5) is 0. The van der Waals surface area contributed by atoms with Gasteiger partial charge in [0.05, 0.1) is 7.11 Å². The number of rotatable bonds is 6. The maximum atomic E-state index is 5.52. The smallest absolute Gasteiger partial charge is 0.122 e. The third-order valence-corrected chi connectivity index (χ3v) is 3.33. The number of hydrogen-bond donors (Lipinski definition) is 2. The highest BCUT2D eigenvalue weighted by Crippen LogP contribution is 2.33. The lowest BCUT2D eigenvalue weighted by atomic mass is 9.82. The molecule has 1 aromatic carbocycles. The first-order chi connectivity index (χ1) is 8.42. The average molecular weight is 250 g/mol. The van der Waals surface area contributed by atoms with Gasteiger partial charge in [0, 0.05) is 24.2 Å². The first-order valence-corrected chi connectivity index (χ1v) is 6.51. The second-order valence-corrected chi connectivity index (χ2v) is 5.63. The molecule has 0 spiro atoms. The molecule has 0 fully saturated rings. The van der Waals surface area contributed by atoms with Gasteiger partial charge in [0.25, 0.3) is 0 Å². The van der Waals surface area contributed by atoms with Crippen molar-refractivity contribution in [3.05, 3.63) is 29.3 Å². The number of methoxy groups -OCH3 is 1. The van der Waals surface area contributed by atoms with E-state index in [0.29, 0.717) is 12.6 Å². The Morgan fingerprint density at radius 3 is 2.50 bits per heavy atom. The van der Waals surface area contributed by atoms with E-state index < -0.39 is 0 Å². The Bertz CT molecular complexity index is 386. The molecule has 0 aliphatic rings. The van der Waals surface area contributed by atoms with Crippen LogP contribution in [-0.2, 0) is 5.41 Å².